The Bertz CT molecular complexity index is 433. The molecule has 0 bridgehead atoms. The lowest BCUT2D eigenvalue weighted by atomic mass is 10.2. The van der Waals surface area contributed by atoms with Gasteiger partial charge in [0.05, 0.1) is 23.4 Å². The summed E-state index contributed by atoms with van der Waals surface area (Å²) in [6.07, 6.45) is 1.98. The number of aryl methyl sites for hydroxylation is 1. The number of carbonyl (C=O) groups excluding carboxylic acids is 1. The minimum Gasteiger partial charge on any atom is -0.380 e. The molecule has 2 heterocycles. The van der Waals surface area contributed by atoms with E-state index in [0.717, 1.165) is 25.1 Å². The van der Waals surface area contributed by atoms with E-state index < -0.39 is 0 Å². The summed E-state index contributed by atoms with van der Waals surface area (Å²) >= 11 is 6.06. The van der Waals surface area contributed by atoms with E-state index in [1.54, 1.807) is 6.92 Å². The fraction of sp³-hybridized carbons (Fsp3) is 0.667. The summed E-state index contributed by atoms with van der Waals surface area (Å²) in [6, 6.07) is 0.144. The molecule has 1 aliphatic rings. The van der Waals surface area contributed by atoms with Crippen LogP contribution >= 0.6 is 11.6 Å². The smallest absolute Gasteiger partial charge is 0.276 e. The number of hydrogen-bond donors (Lipinski definition) is 1. The number of aromatic amines is 1. The summed E-state index contributed by atoms with van der Waals surface area (Å²) in [4.78, 5) is 14.2. The van der Waals surface area contributed by atoms with E-state index in [4.69, 9.17) is 16.3 Å². The third kappa shape index (κ3) is 2.52. The summed E-state index contributed by atoms with van der Waals surface area (Å²) in [5, 5.41) is 7.14. The van der Waals surface area contributed by atoms with Gasteiger partial charge in [0, 0.05) is 13.2 Å². The minimum absolute atomic E-state index is 0.105. The van der Waals surface area contributed by atoms with Crippen LogP contribution in [0.4, 0.5) is 0 Å². The highest BCUT2D eigenvalue weighted by Gasteiger charge is 2.32. The van der Waals surface area contributed by atoms with Crippen molar-refractivity contribution in [2.24, 2.45) is 0 Å². The third-order valence-corrected chi connectivity index (χ3v) is 3.69. The van der Waals surface area contributed by atoms with Crippen LogP contribution in [0.1, 0.15) is 35.9 Å². The highest BCUT2D eigenvalue weighted by molar-refractivity contribution is 6.34. The normalized spacial score (nSPS) is 19.5. The van der Waals surface area contributed by atoms with Gasteiger partial charge in [0.25, 0.3) is 5.91 Å². The van der Waals surface area contributed by atoms with Crippen LogP contribution in [0, 0.1) is 6.92 Å². The summed E-state index contributed by atoms with van der Waals surface area (Å²) in [6.45, 7) is 5.76. The fourth-order valence-corrected chi connectivity index (χ4v) is 2.39. The van der Waals surface area contributed by atoms with E-state index >= 15 is 0 Å². The van der Waals surface area contributed by atoms with Gasteiger partial charge in [-0.1, -0.05) is 11.6 Å². The van der Waals surface area contributed by atoms with E-state index in [1.807, 2.05) is 11.8 Å². The third-order valence-electron chi connectivity index (χ3n) is 3.23. The molecule has 0 aromatic carbocycles. The van der Waals surface area contributed by atoms with E-state index in [2.05, 4.69) is 10.2 Å². The van der Waals surface area contributed by atoms with Crippen LogP contribution < -0.4 is 0 Å². The van der Waals surface area contributed by atoms with Crippen LogP contribution in [0.3, 0.4) is 0 Å². The maximum absolute atomic E-state index is 12.4. The number of nitrogens with one attached hydrogen (secondary N) is 1. The second-order valence-electron chi connectivity index (χ2n) is 4.47. The number of halogens is 1. The first kappa shape index (κ1) is 13.4. The van der Waals surface area contributed by atoms with Gasteiger partial charge >= 0.3 is 0 Å². The Kier molecular flexibility index (Phi) is 4.24. The molecule has 0 spiro atoms. The Morgan fingerprint density at radius 3 is 3.06 bits per heavy atom. The zero-order valence-electron chi connectivity index (χ0n) is 10.7. The number of carbonyl (C=O) groups is 1. The molecule has 0 aliphatic carbocycles. The van der Waals surface area contributed by atoms with Crippen LogP contribution in [0.5, 0.6) is 0 Å². The zero-order chi connectivity index (χ0) is 13.1. The van der Waals surface area contributed by atoms with Crippen LogP contribution in [-0.2, 0) is 4.74 Å². The van der Waals surface area contributed by atoms with Gasteiger partial charge in [-0.05, 0) is 26.7 Å². The summed E-state index contributed by atoms with van der Waals surface area (Å²) in [5.74, 6) is -0.105. The molecule has 1 saturated heterocycles. The van der Waals surface area contributed by atoms with E-state index in [1.165, 1.54) is 0 Å². The number of H-pyrrole nitrogens is 1. The number of nitrogens with zero attached hydrogens (tertiary/aromatic N) is 2. The quantitative estimate of drug-likeness (QED) is 0.911. The molecule has 1 atom stereocenters. The van der Waals surface area contributed by atoms with Crippen LogP contribution in [0.25, 0.3) is 0 Å². The van der Waals surface area contributed by atoms with Crippen molar-refractivity contribution < 1.29 is 9.53 Å². The largest absolute Gasteiger partial charge is 0.380 e. The molecule has 18 heavy (non-hydrogen) atoms. The Labute approximate surface area is 111 Å². The second kappa shape index (κ2) is 5.71. The Balaban J connectivity index is 2.10. The predicted molar refractivity (Wildman–Crippen MR) is 68.9 cm³/mol. The lowest BCUT2D eigenvalue weighted by Gasteiger charge is -2.23. The maximum Gasteiger partial charge on any atom is 0.276 e. The van der Waals surface area contributed by atoms with Crippen LogP contribution in [0.2, 0.25) is 5.02 Å². The molecule has 6 heteroatoms. The van der Waals surface area contributed by atoms with Gasteiger partial charge in [0.1, 0.15) is 0 Å². The molecule has 0 saturated carbocycles. The van der Waals surface area contributed by atoms with Gasteiger partial charge in [0.2, 0.25) is 0 Å². The van der Waals surface area contributed by atoms with Gasteiger partial charge in [-0.2, -0.15) is 5.10 Å². The van der Waals surface area contributed by atoms with Gasteiger partial charge < -0.3 is 9.64 Å². The van der Waals surface area contributed by atoms with Crippen molar-refractivity contribution in [1.82, 2.24) is 15.1 Å². The van der Waals surface area contributed by atoms with Crippen molar-refractivity contribution in [3.8, 4) is 0 Å². The highest BCUT2D eigenvalue weighted by atomic mass is 35.5. The number of ether oxygens (including phenoxy) is 1. The summed E-state index contributed by atoms with van der Waals surface area (Å²) in [5.41, 5.74) is 1.04. The highest BCUT2D eigenvalue weighted by Crippen LogP contribution is 2.24. The number of amides is 1. The second-order valence-corrected chi connectivity index (χ2v) is 4.84. The standard InChI is InChI=1S/C12H18ClN3O2/c1-3-18-7-9-5-4-6-16(9)12(17)11-10(13)8(2)14-15-11/h9H,3-7H2,1-2H3,(H,14,15). The molecule has 1 aromatic rings. The van der Waals surface area contributed by atoms with Crippen molar-refractivity contribution in [2.75, 3.05) is 19.8 Å². The fourth-order valence-electron chi connectivity index (χ4n) is 2.22. The molecule has 0 radical (unpaired) electrons. The molecule has 1 N–H and O–H groups in total. The van der Waals surface area contributed by atoms with Gasteiger partial charge in [-0.25, -0.2) is 0 Å². The van der Waals surface area contributed by atoms with Gasteiger partial charge in [0.15, 0.2) is 5.69 Å². The molecule has 100 valence electrons. The summed E-state index contributed by atoms with van der Waals surface area (Å²) in [7, 11) is 0. The molecular weight excluding hydrogens is 254 g/mol. The van der Waals surface area contributed by atoms with E-state index in [-0.39, 0.29) is 11.9 Å². The monoisotopic (exact) mass is 271 g/mol. The number of likely N-dealkylation sites (tertiary alicyclic amines) is 1. The number of hydrogen-bond acceptors (Lipinski definition) is 3. The van der Waals surface area contributed by atoms with Crippen molar-refractivity contribution >= 4 is 17.5 Å². The van der Waals surface area contributed by atoms with Crippen LogP contribution in [0.15, 0.2) is 0 Å². The molecule has 1 aliphatic heterocycles. The molecule has 1 unspecified atom stereocenters. The van der Waals surface area contributed by atoms with E-state index in [9.17, 15) is 4.79 Å². The minimum atomic E-state index is -0.105. The number of rotatable bonds is 4. The van der Waals surface area contributed by atoms with Crippen molar-refractivity contribution in [1.29, 1.82) is 0 Å². The van der Waals surface area contributed by atoms with Crippen molar-refractivity contribution in [3.63, 3.8) is 0 Å². The molecule has 2 rings (SSSR count). The number of aromatic nitrogens is 2. The van der Waals surface area contributed by atoms with E-state index in [0.29, 0.717) is 23.9 Å². The molecule has 1 aromatic heterocycles. The van der Waals surface area contributed by atoms with Crippen molar-refractivity contribution in [2.45, 2.75) is 32.7 Å². The van der Waals surface area contributed by atoms with Crippen LogP contribution in [-0.4, -0.2) is 46.8 Å². The average molecular weight is 272 g/mol. The first-order valence-electron chi connectivity index (χ1n) is 6.24. The molecule has 5 nitrogen and oxygen atoms in total. The van der Waals surface area contributed by atoms with Gasteiger partial charge in [-0.3, -0.25) is 9.89 Å². The Hall–Kier alpha value is -1.07. The first-order chi connectivity index (χ1) is 8.65. The Morgan fingerprint density at radius 2 is 2.44 bits per heavy atom. The zero-order valence-corrected chi connectivity index (χ0v) is 11.5. The average Bonchev–Trinajstić information content (AvgIpc) is 2.95. The Morgan fingerprint density at radius 1 is 1.67 bits per heavy atom. The van der Waals surface area contributed by atoms with Gasteiger partial charge in [-0.15, -0.1) is 0 Å². The molecular formula is C12H18ClN3O2. The lowest BCUT2D eigenvalue weighted by Crippen LogP contribution is -2.38. The lowest BCUT2D eigenvalue weighted by molar-refractivity contribution is 0.0560. The SMILES string of the molecule is CCOCC1CCCN1C(=O)c1n[nH]c(C)c1Cl. The molecule has 1 fully saturated rings. The predicted octanol–water partition coefficient (Wildman–Crippen LogP) is 2.01. The van der Waals surface area contributed by atoms with Crippen molar-refractivity contribution in [3.05, 3.63) is 16.4 Å². The summed E-state index contributed by atoms with van der Waals surface area (Å²) < 4.78 is 5.41. The topological polar surface area (TPSA) is 58.2 Å². The first-order valence-corrected chi connectivity index (χ1v) is 6.62. The maximum atomic E-state index is 12.4. The molecule has 1 amide bonds.